The number of halogens is 1. The Hall–Kier alpha value is -0.570. The Labute approximate surface area is 125 Å². The zero-order valence-electron chi connectivity index (χ0n) is 11.2. The summed E-state index contributed by atoms with van der Waals surface area (Å²) in [5.41, 5.74) is 0. The lowest BCUT2D eigenvalue weighted by molar-refractivity contribution is 0.372. The standard InChI is InChI=1S/C16H19NS.ClH/c1-17-9-13-6-12(7-14(13)10-17)16-8-11-4-2-3-5-15(11)18-16;/h2-5,8,12-14H,6-7,9-10H2,1H3;1H. The van der Waals surface area contributed by atoms with Crippen molar-refractivity contribution in [1.29, 1.82) is 0 Å². The summed E-state index contributed by atoms with van der Waals surface area (Å²) in [6.07, 6.45) is 2.84. The molecule has 1 nitrogen and oxygen atoms in total. The van der Waals surface area contributed by atoms with Crippen LogP contribution in [0.25, 0.3) is 10.1 Å². The van der Waals surface area contributed by atoms with Crippen LogP contribution in [0.5, 0.6) is 0 Å². The van der Waals surface area contributed by atoms with Gasteiger partial charge in [0.2, 0.25) is 0 Å². The molecule has 2 aromatic rings. The predicted octanol–water partition coefficient (Wildman–Crippen LogP) is 4.38. The van der Waals surface area contributed by atoms with Crippen LogP contribution in [-0.4, -0.2) is 25.0 Å². The maximum absolute atomic E-state index is 2.51. The van der Waals surface area contributed by atoms with Crippen LogP contribution in [0.15, 0.2) is 30.3 Å². The molecule has 3 heteroatoms. The molecule has 1 aromatic carbocycles. The fourth-order valence-electron chi connectivity index (χ4n) is 3.97. The highest BCUT2D eigenvalue weighted by molar-refractivity contribution is 7.19. The van der Waals surface area contributed by atoms with Crippen LogP contribution in [0.3, 0.4) is 0 Å². The molecule has 2 fully saturated rings. The molecule has 1 aromatic heterocycles. The Kier molecular flexibility index (Phi) is 3.59. The van der Waals surface area contributed by atoms with Gasteiger partial charge in [-0.25, -0.2) is 0 Å². The summed E-state index contributed by atoms with van der Waals surface area (Å²) in [5, 5.41) is 1.44. The molecule has 1 aliphatic heterocycles. The van der Waals surface area contributed by atoms with Gasteiger partial charge in [-0.15, -0.1) is 23.7 Å². The van der Waals surface area contributed by atoms with Gasteiger partial charge in [0.1, 0.15) is 0 Å². The van der Waals surface area contributed by atoms with Crippen molar-refractivity contribution < 1.29 is 0 Å². The predicted molar refractivity (Wildman–Crippen MR) is 85.5 cm³/mol. The second kappa shape index (κ2) is 5.08. The summed E-state index contributed by atoms with van der Waals surface area (Å²) >= 11 is 2.02. The molecule has 1 saturated heterocycles. The van der Waals surface area contributed by atoms with Crippen LogP contribution in [0.1, 0.15) is 23.6 Å². The van der Waals surface area contributed by atoms with Crippen molar-refractivity contribution >= 4 is 33.8 Å². The molecule has 2 aliphatic rings. The number of thiophene rings is 1. The zero-order chi connectivity index (χ0) is 12.1. The SMILES string of the molecule is CN1CC2CC(c3cc4ccccc4s3)CC2C1.Cl. The van der Waals surface area contributed by atoms with E-state index in [0.29, 0.717) is 0 Å². The quantitative estimate of drug-likeness (QED) is 0.754. The Morgan fingerprint density at radius 2 is 1.79 bits per heavy atom. The van der Waals surface area contributed by atoms with Crippen LogP contribution in [0.2, 0.25) is 0 Å². The molecule has 2 heterocycles. The minimum Gasteiger partial charge on any atom is -0.306 e. The normalized spacial score (nSPS) is 30.5. The highest BCUT2D eigenvalue weighted by atomic mass is 35.5. The third-order valence-electron chi connectivity index (χ3n) is 4.78. The second-order valence-electron chi connectivity index (χ2n) is 6.10. The number of likely N-dealkylation sites (tertiary alicyclic amines) is 1. The Bertz CT molecular complexity index is 532. The molecule has 0 radical (unpaired) electrons. The van der Waals surface area contributed by atoms with Gasteiger partial charge in [0.05, 0.1) is 0 Å². The Morgan fingerprint density at radius 1 is 1.11 bits per heavy atom. The van der Waals surface area contributed by atoms with Crippen LogP contribution in [0, 0.1) is 11.8 Å². The second-order valence-corrected chi connectivity index (χ2v) is 7.21. The molecule has 0 N–H and O–H groups in total. The maximum atomic E-state index is 2.51. The highest BCUT2D eigenvalue weighted by Crippen LogP contribution is 2.48. The number of rotatable bonds is 1. The molecule has 0 amide bonds. The zero-order valence-corrected chi connectivity index (χ0v) is 12.8. The van der Waals surface area contributed by atoms with Crippen molar-refractivity contribution in [2.45, 2.75) is 18.8 Å². The van der Waals surface area contributed by atoms with Crippen molar-refractivity contribution in [1.82, 2.24) is 4.90 Å². The van der Waals surface area contributed by atoms with Crippen molar-refractivity contribution in [3.8, 4) is 0 Å². The number of benzene rings is 1. The fourth-order valence-corrected chi connectivity index (χ4v) is 5.16. The van der Waals surface area contributed by atoms with Crippen molar-refractivity contribution in [3.05, 3.63) is 35.2 Å². The highest BCUT2D eigenvalue weighted by Gasteiger charge is 2.40. The molecule has 0 spiro atoms. The summed E-state index contributed by atoms with van der Waals surface area (Å²) in [6.45, 7) is 2.65. The first-order chi connectivity index (χ1) is 8.79. The third-order valence-corrected chi connectivity index (χ3v) is 6.06. The largest absolute Gasteiger partial charge is 0.306 e. The fraction of sp³-hybridized carbons (Fsp3) is 0.500. The van der Waals surface area contributed by atoms with E-state index in [1.54, 1.807) is 4.88 Å². The summed E-state index contributed by atoms with van der Waals surface area (Å²) in [7, 11) is 2.27. The lowest BCUT2D eigenvalue weighted by Gasteiger charge is -2.12. The summed E-state index contributed by atoms with van der Waals surface area (Å²) < 4.78 is 1.46. The monoisotopic (exact) mass is 293 g/mol. The van der Waals surface area contributed by atoms with E-state index < -0.39 is 0 Å². The Balaban J connectivity index is 0.00000110. The van der Waals surface area contributed by atoms with E-state index in [1.807, 2.05) is 11.3 Å². The minimum absolute atomic E-state index is 0. The Morgan fingerprint density at radius 3 is 2.47 bits per heavy atom. The molecule has 19 heavy (non-hydrogen) atoms. The first-order valence-electron chi connectivity index (χ1n) is 6.96. The van der Waals surface area contributed by atoms with Gasteiger partial charge in [0, 0.05) is 22.7 Å². The first-order valence-corrected chi connectivity index (χ1v) is 7.78. The van der Waals surface area contributed by atoms with Crippen LogP contribution in [-0.2, 0) is 0 Å². The molecule has 1 saturated carbocycles. The lowest BCUT2D eigenvalue weighted by Crippen LogP contribution is -2.15. The number of hydrogen-bond donors (Lipinski definition) is 0. The molecular formula is C16H20ClNS. The molecule has 102 valence electrons. The van der Waals surface area contributed by atoms with E-state index in [-0.39, 0.29) is 12.4 Å². The van der Waals surface area contributed by atoms with Crippen molar-refractivity contribution in [3.63, 3.8) is 0 Å². The van der Waals surface area contributed by atoms with E-state index >= 15 is 0 Å². The van der Waals surface area contributed by atoms with Gasteiger partial charge < -0.3 is 4.90 Å². The molecule has 2 atom stereocenters. The molecular weight excluding hydrogens is 274 g/mol. The smallest absolute Gasteiger partial charge is 0.0345 e. The van der Waals surface area contributed by atoms with E-state index in [2.05, 4.69) is 42.3 Å². The van der Waals surface area contributed by atoms with Crippen LogP contribution < -0.4 is 0 Å². The van der Waals surface area contributed by atoms with E-state index in [9.17, 15) is 0 Å². The van der Waals surface area contributed by atoms with Crippen LogP contribution in [0.4, 0.5) is 0 Å². The number of fused-ring (bicyclic) bond motifs is 2. The van der Waals surface area contributed by atoms with E-state index in [4.69, 9.17) is 0 Å². The average molecular weight is 294 g/mol. The minimum atomic E-state index is 0. The summed E-state index contributed by atoms with van der Waals surface area (Å²) in [5.74, 6) is 2.77. The summed E-state index contributed by atoms with van der Waals surface area (Å²) in [6, 6.07) is 11.2. The molecule has 1 aliphatic carbocycles. The molecule has 0 bridgehead atoms. The molecule has 2 unspecified atom stereocenters. The van der Waals surface area contributed by atoms with E-state index in [0.717, 1.165) is 17.8 Å². The van der Waals surface area contributed by atoms with Gasteiger partial charge in [0.15, 0.2) is 0 Å². The van der Waals surface area contributed by atoms with Gasteiger partial charge in [-0.1, -0.05) is 18.2 Å². The number of hydrogen-bond acceptors (Lipinski definition) is 2. The van der Waals surface area contributed by atoms with Gasteiger partial charge >= 0.3 is 0 Å². The van der Waals surface area contributed by atoms with Crippen LogP contribution >= 0.6 is 23.7 Å². The lowest BCUT2D eigenvalue weighted by atomic mass is 10.0. The number of nitrogens with zero attached hydrogens (tertiary/aromatic N) is 1. The average Bonchev–Trinajstić information content (AvgIpc) is 2.98. The van der Waals surface area contributed by atoms with Gasteiger partial charge in [0.25, 0.3) is 0 Å². The van der Waals surface area contributed by atoms with E-state index in [1.165, 1.54) is 36.0 Å². The molecule has 4 rings (SSSR count). The first kappa shape index (κ1) is 13.4. The summed E-state index contributed by atoms with van der Waals surface area (Å²) in [4.78, 5) is 4.14. The van der Waals surface area contributed by atoms with Gasteiger partial charge in [-0.05, 0) is 55.2 Å². The maximum Gasteiger partial charge on any atom is 0.0345 e. The topological polar surface area (TPSA) is 3.24 Å². The van der Waals surface area contributed by atoms with Crippen molar-refractivity contribution in [2.24, 2.45) is 11.8 Å². The van der Waals surface area contributed by atoms with Gasteiger partial charge in [-0.3, -0.25) is 0 Å². The third kappa shape index (κ3) is 2.31. The van der Waals surface area contributed by atoms with Gasteiger partial charge in [-0.2, -0.15) is 0 Å². The van der Waals surface area contributed by atoms with Crippen molar-refractivity contribution in [2.75, 3.05) is 20.1 Å².